The number of hydrogen-bond acceptors (Lipinski definition) is 2. The number of aromatic nitrogens is 2. The molecule has 19 heavy (non-hydrogen) atoms. The van der Waals surface area contributed by atoms with Crippen molar-refractivity contribution in [3.05, 3.63) is 46.5 Å². The molecule has 0 amide bonds. The van der Waals surface area contributed by atoms with Crippen LogP contribution in [0.2, 0.25) is 0 Å². The van der Waals surface area contributed by atoms with Gasteiger partial charge < -0.3 is 9.72 Å². The summed E-state index contributed by atoms with van der Waals surface area (Å²) in [5.74, 6) is 1.61. The number of fused-ring (bicyclic) bond motifs is 1. The molecular weight excluding hydrogens is 236 g/mol. The summed E-state index contributed by atoms with van der Waals surface area (Å²) in [4.78, 5) is 7.33. The lowest BCUT2D eigenvalue weighted by Gasteiger charge is -2.17. The number of benzene rings is 1. The molecule has 0 spiro atoms. The van der Waals surface area contributed by atoms with E-state index < -0.39 is 0 Å². The molecule has 3 nitrogen and oxygen atoms in total. The summed E-state index contributed by atoms with van der Waals surface area (Å²) < 4.78 is 5.51. The first-order chi connectivity index (χ1) is 9.20. The normalized spacial score (nSPS) is 17.5. The number of ether oxygens (including phenoxy) is 1. The Morgan fingerprint density at radius 1 is 1.42 bits per heavy atom. The average molecular weight is 256 g/mol. The summed E-state index contributed by atoms with van der Waals surface area (Å²) >= 11 is 0. The molecule has 100 valence electrons. The van der Waals surface area contributed by atoms with Gasteiger partial charge in [-0.15, -0.1) is 0 Å². The Morgan fingerprint density at radius 3 is 2.95 bits per heavy atom. The van der Waals surface area contributed by atoms with Gasteiger partial charge in [-0.2, -0.15) is 0 Å². The van der Waals surface area contributed by atoms with Crippen molar-refractivity contribution in [2.75, 3.05) is 7.11 Å². The number of aryl methyl sites for hydroxylation is 1. The van der Waals surface area contributed by atoms with Gasteiger partial charge in [0.1, 0.15) is 5.75 Å². The quantitative estimate of drug-likeness (QED) is 0.915. The Balaban J connectivity index is 2.01. The minimum atomic E-state index is 0.587. The molecule has 1 aliphatic carbocycles. The standard InChI is InChI=1S/C16H20N2O/c1-10-6-15(19-3)11(2)16-12(4-5-14(10)16)7-13-8-17-9-18-13/h6,8-9,12H,4-5,7H2,1-3H3,(H,17,18). The average Bonchev–Trinajstić information content (AvgIpc) is 3.04. The van der Waals surface area contributed by atoms with Gasteiger partial charge in [0.25, 0.3) is 0 Å². The number of nitrogens with zero attached hydrogens (tertiary/aromatic N) is 1. The maximum atomic E-state index is 5.51. The lowest BCUT2D eigenvalue weighted by Crippen LogP contribution is -2.03. The molecule has 0 aliphatic heterocycles. The van der Waals surface area contributed by atoms with E-state index in [-0.39, 0.29) is 0 Å². The Hall–Kier alpha value is -1.77. The van der Waals surface area contributed by atoms with Crippen molar-refractivity contribution in [2.45, 2.75) is 39.0 Å². The maximum Gasteiger partial charge on any atom is 0.122 e. The molecule has 0 radical (unpaired) electrons. The van der Waals surface area contributed by atoms with Crippen molar-refractivity contribution in [2.24, 2.45) is 0 Å². The van der Waals surface area contributed by atoms with Crippen LogP contribution in [0.15, 0.2) is 18.6 Å². The van der Waals surface area contributed by atoms with Gasteiger partial charge in [0.15, 0.2) is 0 Å². The molecule has 1 unspecified atom stereocenters. The van der Waals surface area contributed by atoms with Crippen LogP contribution < -0.4 is 4.74 Å². The number of rotatable bonds is 3. The van der Waals surface area contributed by atoms with Crippen LogP contribution in [0.5, 0.6) is 5.75 Å². The van der Waals surface area contributed by atoms with Crippen LogP contribution in [0.25, 0.3) is 0 Å². The number of nitrogens with one attached hydrogen (secondary N) is 1. The first kappa shape index (κ1) is 12.3. The number of imidazole rings is 1. The number of hydrogen-bond donors (Lipinski definition) is 1. The summed E-state index contributed by atoms with van der Waals surface area (Å²) in [7, 11) is 1.76. The van der Waals surface area contributed by atoms with Crippen LogP contribution in [-0.4, -0.2) is 17.1 Å². The molecule has 1 heterocycles. The van der Waals surface area contributed by atoms with Crippen LogP contribution in [0.3, 0.4) is 0 Å². The van der Waals surface area contributed by atoms with Crippen LogP contribution in [0.4, 0.5) is 0 Å². The summed E-state index contributed by atoms with van der Waals surface area (Å²) in [5.41, 5.74) is 6.93. The van der Waals surface area contributed by atoms with E-state index in [1.807, 2.05) is 6.20 Å². The van der Waals surface area contributed by atoms with Crippen LogP contribution >= 0.6 is 0 Å². The molecule has 2 aromatic rings. The smallest absolute Gasteiger partial charge is 0.122 e. The van der Waals surface area contributed by atoms with E-state index in [1.54, 1.807) is 13.4 Å². The number of aromatic amines is 1. The zero-order valence-corrected chi connectivity index (χ0v) is 11.8. The second kappa shape index (κ2) is 4.72. The van der Waals surface area contributed by atoms with E-state index in [1.165, 1.54) is 40.8 Å². The minimum absolute atomic E-state index is 0.587. The lowest BCUT2D eigenvalue weighted by atomic mass is 9.90. The van der Waals surface area contributed by atoms with Crippen molar-refractivity contribution in [1.29, 1.82) is 0 Å². The third-order valence-corrected chi connectivity index (χ3v) is 4.31. The van der Waals surface area contributed by atoms with Gasteiger partial charge >= 0.3 is 0 Å². The number of methoxy groups -OCH3 is 1. The van der Waals surface area contributed by atoms with Crippen molar-refractivity contribution >= 4 is 0 Å². The van der Waals surface area contributed by atoms with E-state index in [4.69, 9.17) is 4.74 Å². The summed E-state index contributed by atoms with van der Waals surface area (Å²) in [6, 6.07) is 2.17. The van der Waals surface area contributed by atoms with Crippen molar-refractivity contribution in [1.82, 2.24) is 9.97 Å². The minimum Gasteiger partial charge on any atom is -0.496 e. The molecule has 1 aliphatic rings. The predicted octanol–water partition coefficient (Wildman–Crippen LogP) is 3.31. The zero-order valence-electron chi connectivity index (χ0n) is 11.8. The fourth-order valence-electron chi connectivity index (χ4n) is 3.39. The molecule has 1 atom stereocenters. The highest BCUT2D eigenvalue weighted by molar-refractivity contribution is 5.52. The van der Waals surface area contributed by atoms with Crippen LogP contribution in [0.1, 0.15) is 40.3 Å². The molecule has 0 bridgehead atoms. The van der Waals surface area contributed by atoms with Crippen LogP contribution in [0, 0.1) is 13.8 Å². The highest BCUT2D eigenvalue weighted by Crippen LogP contribution is 2.42. The molecule has 1 aromatic heterocycles. The monoisotopic (exact) mass is 256 g/mol. The van der Waals surface area contributed by atoms with Gasteiger partial charge in [0.2, 0.25) is 0 Å². The SMILES string of the molecule is COc1cc(C)c2c(c1C)C(Cc1cnc[nH]1)CC2. The summed E-state index contributed by atoms with van der Waals surface area (Å²) in [6.07, 6.45) is 7.14. The van der Waals surface area contributed by atoms with Gasteiger partial charge in [0.05, 0.1) is 13.4 Å². The Morgan fingerprint density at radius 2 is 2.26 bits per heavy atom. The van der Waals surface area contributed by atoms with Gasteiger partial charge in [-0.3, -0.25) is 0 Å². The second-order valence-corrected chi connectivity index (χ2v) is 5.43. The van der Waals surface area contributed by atoms with Gasteiger partial charge in [0, 0.05) is 11.9 Å². The Bertz CT molecular complexity index is 587. The molecule has 3 heteroatoms. The highest BCUT2D eigenvalue weighted by atomic mass is 16.5. The molecule has 3 rings (SSSR count). The second-order valence-electron chi connectivity index (χ2n) is 5.43. The van der Waals surface area contributed by atoms with Gasteiger partial charge in [-0.25, -0.2) is 4.98 Å². The van der Waals surface area contributed by atoms with Gasteiger partial charge in [-0.05, 0) is 67.3 Å². The summed E-state index contributed by atoms with van der Waals surface area (Å²) in [5, 5.41) is 0. The Labute approximate surface area is 114 Å². The fraction of sp³-hybridized carbons (Fsp3) is 0.438. The zero-order chi connectivity index (χ0) is 13.4. The molecular formula is C16H20N2O. The first-order valence-corrected chi connectivity index (χ1v) is 6.85. The van der Waals surface area contributed by atoms with E-state index in [0.29, 0.717) is 5.92 Å². The Kier molecular flexibility index (Phi) is 3.05. The third-order valence-electron chi connectivity index (χ3n) is 4.31. The molecule has 0 fully saturated rings. The van der Waals surface area contributed by atoms with Gasteiger partial charge in [-0.1, -0.05) is 0 Å². The van der Waals surface area contributed by atoms with Crippen LogP contribution in [-0.2, 0) is 12.8 Å². The molecule has 0 saturated heterocycles. The van der Waals surface area contributed by atoms with Crippen molar-refractivity contribution < 1.29 is 4.74 Å². The number of H-pyrrole nitrogens is 1. The third kappa shape index (κ3) is 2.03. The lowest BCUT2D eigenvalue weighted by molar-refractivity contribution is 0.410. The van der Waals surface area contributed by atoms with E-state index in [9.17, 15) is 0 Å². The topological polar surface area (TPSA) is 37.9 Å². The molecule has 1 aromatic carbocycles. The largest absolute Gasteiger partial charge is 0.496 e. The maximum absolute atomic E-state index is 5.51. The first-order valence-electron chi connectivity index (χ1n) is 6.85. The fourth-order valence-corrected chi connectivity index (χ4v) is 3.39. The van der Waals surface area contributed by atoms with Crippen molar-refractivity contribution in [3.63, 3.8) is 0 Å². The van der Waals surface area contributed by atoms with E-state index in [0.717, 1.165) is 12.2 Å². The summed E-state index contributed by atoms with van der Waals surface area (Å²) in [6.45, 7) is 4.38. The molecule has 0 saturated carbocycles. The molecule has 1 N–H and O–H groups in total. The predicted molar refractivity (Wildman–Crippen MR) is 75.8 cm³/mol. The van der Waals surface area contributed by atoms with E-state index >= 15 is 0 Å². The van der Waals surface area contributed by atoms with E-state index in [2.05, 4.69) is 29.9 Å². The highest BCUT2D eigenvalue weighted by Gasteiger charge is 2.27. The van der Waals surface area contributed by atoms with Crippen molar-refractivity contribution in [3.8, 4) is 5.75 Å².